The lowest BCUT2D eigenvalue weighted by atomic mass is 10.1. The van der Waals surface area contributed by atoms with E-state index in [1.165, 1.54) is 25.0 Å². The van der Waals surface area contributed by atoms with Crippen LogP contribution in [0.4, 0.5) is 4.39 Å². The number of nitrogens with one attached hydrogen (secondary N) is 2. The third-order valence-corrected chi connectivity index (χ3v) is 3.01. The topological polar surface area (TPSA) is 41.1 Å². The van der Waals surface area contributed by atoms with Gasteiger partial charge >= 0.3 is 0 Å². The van der Waals surface area contributed by atoms with Gasteiger partial charge in [-0.1, -0.05) is 12.5 Å². The Balaban J connectivity index is 1.84. The molecule has 1 saturated heterocycles. The molecule has 4 heteroatoms. The Morgan fingerprint density at radius 2 is 2.35 bits per heavy atom. The van der Waals surface area contributed by atoms with E-state index in [2.05, 4.69) is 10.6 Å². The summed E-state index contributed by atoms with van der Waals surface area (Å²) in [5.74, 6) is -0.592. The van der Waals surface area contributed by atoms with Crippen LogP contribution in [0.15, 0.2) is 24.3 Å². The minimum absolute atomic E-state index is 0.211. The minimum Gasteiger partial charge on any atom is -0.350 e. The molecule has 1 aromatic carbocycles. The number of hydrogen-bond acceptors (Lipinski definition) is 2. The molecular formula is C13H17FN2O. The lowest BCUT2D eigenvalue weighted by Gasteiger charge is -2.23. The largest absolute Gasteiger partial charge is 0.350 e. The van der Waals surface area contributed by atoms with Crippen LogP contribution in [0.1, 0.15) is 29.6 Å². The van der Waals surface area contributed by atoms with Crippen molar-refractivity contribution in [2.24, 2.45) is 0 Å². The summed E-state index contributed by atoms with van der Waals surface area (Å²) in [6.45, 7) is 1.62. The first-order valence-electron chi connectivity index (χ1n) is 6.03. The molecular weight excluding hydrogens is 219 g/mol. The van der Waals surface area contributed by atoms with Crippen molar-refractivity contribution in [1.82, 2.24) is 10.6 Å². The van der Waals surface area contributed by atoms with Crippen LogP contribution in [-0.4, -0.2) is 25.0 Å². The van der Waals surface area contributed by atoms with Crippen molar-refractivity contribution in [3.05, 3.63) is 35.6 Å². The number of benzene rings is 1. The van der Waals surface area contributed by atoms with Crippen molar-refractivity contribution >= 4 is 5.91 Å². The zero-order valence-corrected chi connectivity index (χ0v) is 9.71. The Labute approximate surface area is 100 Å². The molecule has 0 bridgehead atoms. The fourth-order valence-electron chi connectivity index (χ4n) is 2.05. The molecule has 0 saturated carbocycles. The van der Waals surface area contributed by atoms with Gasteiger partial charge in [-0.3, -0.25) is 4.79 Å². The highest BCUT2D eigenvalue weighted by molar-refractivity contribution is 5.94. The quantitative estimate of drug-likeness (QED) is 0.838. The molecule has 3 nitrogen and oxygen atoms in total. The van der Waals surface area contributed by atoms with Gasteiger partial charge in [-0.15, -0.1) is 0 Å². The van der Waals surface area contributed by atoms with Gasteiger partial charge < -0.3 is 10.6 Å². The van der Waals surface area contributed by atoms with Crippen LogP contribution in [-0.2, 0) is 0 Å². The molecule has 0 radical (unpaired) electrons. The van der Waals surface area contributed by atoms with Gasteiger partial charge in [0.15, 0.2) is 0 Å². The van der Waals surface area contributed by atoms with Crippen molar-refractivity contribution in [1.29, 1.82) is 0 Å². The number of carbonyl (C=O) groups excluding carboxylic acids is 1. The molecule has 2 rings (SSSR count). The highest BCUT2D eigenvalue weighted by Gasteiger charge is 2.14. The van der Waals surface area contributed by atoms with Crippen molar-refractivity contribution in [3.63, 3.8) is 0 Å². The third kappa shape index (κ3) is 3.53. The summed E-state index contributed by atoms with van der Waals surface area (Å²) in [7, 11) is 0. The maximum atomic E-state index is 12.9. The Bertz CT molecular complexity index is 389. The van der Waals surface area contributed by atoms with E-state index in [9.17, 15) is 9.18 Å². The number of halogens is 1. The van der Waals surface area contributed by atoms with Gasteiger partial charge in [-0.2, -0.15) is 0 Å². The lowest BCUT2D eigenvalue weighted by molar-refractivity contribution is 0.0947. The minimum atomic E-state index is -0.381. The van der Waals surface area contributed by atoms with Crippen LogP contribution < -0.4 is 10.6 Å². The van der Waals surface area contributed by atoms with Crippen LogP contribution in [0, 0.1) is 5.82 Å². The molecule has 2 N–H and O–H groups in total. The number of amides is 1. The molecule has 0 aromatic heterocycles. The van der Waals surface area contributed by atoms with Crippen LogP contribution in [0.5, 0.6) is 0 Å². The van der Waals surface area contributed by atoms with E-state index in [4.69, 9.17) is 0 Å². The van der Waals surface area contributed by atoms with E-state index in [1.807, 2.05) is 0 Å². The van der Waals surface area contributed by atoms with E-state index >= 15 is 0 Å². The van der Waals surface area contributed by atoms with Gasteiger partial charge in [0.2, 0.25) is 0 Å². The molecule has 1 aromatic rings. The molecule has 0 aliphatic carbocycles. The van der Waals surface area contributed by atoms with Crippen LogP contribution in [0.3, 0.4) is 0 Å². The van der Waals surface area contributed by atoms with E-state index in [1.54, 1.807) is 12.1 Å². The first-order chi connectivity index (χ1) is 8.25. The molecule has 1 fully saturated rings. The number of hydrogen-bond donors (Lipinski definition) is 2. The molecule has 0 spiro atoms. The fraction of sp³-hybridized carbons (Fsp3) is 0.462. The highest BCUT2D eigenvalue weighted by atomic mass is 19.1. The summed E-state index contributed by atoms with van der Waals surface area (Å²) in [6.07, 6.45) is 3.49. The molecule has 1 unspecified atom stereocenters. The van der Waals surface area contributed by atoms with Gasteiger partial charge in [0, 0.05) is 18.2 Å². The molecule has 1 atom stereocenters. The predicted molar refractivity (Wildman–Crippen MR) is 64.4 cm³/mol. The average molecular weight is 236 g/mol. The zero-order chi connectivity index (χ0) is 12.1. The van der Waals surface area contributed by atoms with Gasteiger partial charge in [0.1, 0.15) is 5.82 Å². The van der Waals surface area contributed by atoms with E-state index < -0.39 is 0 Å². The van der Waals surface area contributed by atoms with Gasteiger partial charge in [0.05, 0.1) is 0 Å². The Morgan fingerprint density at radius 3 is 3.06 bits per heavy atom. The molecule has 1 aliphatic heterocycles. The number of piperidine rings is 1. The van der Waals surface area contributed by atoms with E-state index in [-0.39, 0.29) is 11.7 Å². The maximum Gasteiger partial charge on any atom is 0.251 e. The molecule has 92 valence electrons. The van der Waals surface area contributed by atoms with Crippen LogP contribution >= 0.6 is 0 Å². The standard InChI is InChI=1S/C13H17FN2O/c14-11-5-3-4-10(8-11)13(17)16-9-12-6-1-2-7-15-12/h3-5,8,12,15H,1-2,6-7,9H2,(H,16,17). The molecule has 1 aliphatic rings. The smallest absolute Gasteiger partial charge is 0.251 e. The first-order valence-corrected chi connectivity index (χ1v) is 6.03. The van der Waals surface area contributed by atoms with Gasteiger partial charge in [-0.05, 0) is 37.6 Å². The van der Waals surface area contributed by atoms with E-state index in [0.717, 1.165) is 13.0 Å². The first kappa shape index (κ1) is 12.0. The number of rotatable bonds is 3. The van der Waals surface area contributed by atoms with Gasteiger partial charge in [-0.25, -0.2) is 4.39 Å². The van der Waals surface area contributed by atoms with Crippen molar-refractivity contribution in [3.8, 4) is 0 Å². The second-order valence-corrected chi connectivity index (χ2v) is 4.37. The third-order valence-electron chi connectivity index (χ3n) is 3.01. The zero-order valence-electron chi connectivity index (χ0n) is 9.71. The summed E-state index contributed by atoms with van der Waals surface area (Å²) in [4.78, 5) is 11.7. The summed E-state index contributed by atoms with van der Waals surface area (Å²) in [6, 6.07) is 6.10. The Morgan fingerprint density at radius 1 is 1.47 bits per heavy atom. The summed E-state index contributed by atoms with van der Waals surface area (Å²) < 4.78 is 12.9. The highest BCUT2D eigenvalue weighted by Crippen LogP contribution is 2.07. The second kappa shape index (κ2) is 5.77. The normalized spacial score (nSPS) is 19.9. The Hall–Kier alpha value is -1.42. The van der Waals surface area contributed by atoms with Gasteiger partial charge in [0.25, 0.3) is 5.91 Å². The second-order valence-electron chi connectivity index (χ2n) is 4.37. The number of carbonyl (C=O) groups is 1. The predicted octanol–water partition coefficient (Wildman–Crippen LogP) is 1.70. The lowest BCUT2D eigenvalue weighted by Crippen LogP contribution is -2.43. The SMILES string of the molecule is O=C(NCC1CCCCN1)c1cccc(F)c1. The summed E-state index contributed by atoms with van der Waals surface area (Å²) in [5, 5.41) is 6.18. The van der Waals surface area contributed by atoms with Crippen molar-refractivity contribution in [2.75, 3.05) is 13.1 Å². The molecule has 17 heavy (non-hydrogen) atoms. The van der Waals surface area contributed by atoms with Crippen molar-refractivity contribution in [2.45, 2.75) is 25.3 Å². The summed E-state index contributed by atoms with van der Waals surface area (Å²) in [5.41, 5.74) is 0.376. The fourth-order valence-corrected chi connectivity index (χ4v) is 2.05. The molecule has 1 heterocycles. The average Bonchev–Trinajstić information content (AvgIpc) is 2.37. The van der Waals surface area contributed by atoms with Crippen molar-refractivity contribution < 1.29 is 9.18 Å². The molecule has 1 amide bonds. The summed E-state index contributed by atoms with van der Waals surface area (Å²) >= 11 is 0. The monoisotopic (exact) mass is 236 g/mol. The maximum absolute atomic E-state index is 12.9. The van der Waals surface area contributed by atoms with Crippen LogP contribution in [0.2, 0.25) is 0 Å². The van der Waals surface area contributed by atoms with Crippen LogP contribution in [0.25, 0.3) is 0 Å². The Kier molecular flexibility index (Phi) is 4.09. The van der Waals surface area contributed by atoms with E-state index in [0.29, 0.717) is 18.2 Å².